The number of sulfonamides is 1. The summed E-state index contributed by atoms with van der Waals surface area (Å²) in [6.07, 6.45) is 1.59. The zero-order chi connectivity index (χ0) is 18.6. The number of piperazine rings is 1. The van der Waals surface area contributed by atoms with Gasteiger partial charge in [-0.15, -0.1) is 0 Å². The summed E-state index contributed by atoms with van der Waals surface area (Å²) in [4.78, 5) is 18.4. The van der Waals surface area contributed by atoms with E-state index in [1.54, 1.807) is 23.1 Å². The number of pyridine rings is 1. The van der Waals surface area contributed by atoms with Gasteiger partial charge in [-0.05, 0) is 30.7 Å². The van der Waals surface area contributed by atoms with Crippen molar-refractivity contribution in [2.75, 3.05) is 26.2 Å². The molecule has 0 radical (unpaired) electrons. The zero-order valence-electron chi connectivity index (χ0n) is 14.6. The lowest BCUT2D eigenvalue weighted by Crippen LogP contribution is -2.50. The maximum absolute atomic E-state index is 12.5. The monoisotopic (exact) mass is 371 g/mol. The summed E-state index contributed by atoms with van der Waals surface area (Å²) in [6.45, 7) is 3.10. The first-order valence-electron chi connectivity index (χ1n) is 8.42. The van der Waals surface area contributed by atoms with Gasteiger partial charge in [0.15, 0.2) is 0 Å². The summed E-state index contributed by atoms with van der Waals surface area (Å²) >= 11 is 0. The van der Waals surface area contributed by atoms with Crippen LogP contribution in [0.2, 0.25) is 0 Å². The van der Waals surface area contributed by atoms with Gasteiger partial charge in [-0.25, -0.2) is 13.4 Å². The third kappa shape index (κ3) is 4.36. The number of carbonyl (C=O) groups is 1. The molecule has 1 aliphatic heterocycles. The minimum Gasteiger partial charge on any atom is -0.335 e. The van der Waals surface area contributed by atoms with E-state index in [1.165, 1.54) is 9.71 Å². The van der Waals surface area contributed by atoms with Gasteiger partial charge < -0.3 is 4.90 Å². The predicted octanol–water partition coefficient (Wildman–Crippen LogP) is 2.15. The van der Waals surface area contributed by atoms with Gasteiger partial charge in [0, 0.05) is 37.3 Å². The molecule has 1 fully saturated rings. The third-order valence-electron chi connectivity index (χ3n) is 4.23. The van der Waals surface area contributed by atoms with Crippen LogP contribution in [0, 0.1) is 6.92 Å². The van der Waals surface area contributed by atoms with Gasteiger partial charge >= 0.3 is 0 Å². The first-order chi connectivity index (χ1) is 12.5. The maximum atomic E-state index is 12.5. The fourth-order valence-corrected chi connectivity index (χ4v) is 3.96. The molecule has 6 nitrogen and oxygen atoms in total. The molecule has 0 saturated carbocycles. The van der Waals surface area contributed by atoms with Gasteiger partial charge in [0.25, 0.3) is 5.91 Å². The van der Waals surface area contributed by atoms with Crippen LogP contribution in [0.3, 0.4) is 0 Å². The van der Waals surface area contributed by atoms with Gasteiger partial charge in [-0.3, -0.25) is 4.79 Å². The van der Waals surface area contributed by atoms with Crippen LogP contribution in [0.4, 0.5) is 0 Å². The first-order valence-corrected chi connectivity index (χ1v) is 9.92. The molecule has 2 heterocycles. The second-order valence-corrected chi connectivity index (χ2v) is 7.93. The molecule has 3 rings (SSSR count). The SMILES string of the molecule is Cc1cccc(C(=O)N2CCN(S(=O)(=O)/C=C/c3ccccc3)CC2)n1. The van der Waals surface area contributed by atoms with E-state index in [9.17, 15) is 13.2 Å². The van der Waals surface area contributed by atoms with E-state index in [0.717, 1.165) is 11.3 Å². The fourth-order valence-electron chi connectivity index (χ4n) is 2.78. The molecule has 0 aliphatic carbocycles. The van der Waals surface area contributed by atoms with Crippen molar-refractivity contribution >= 4 is 22.0 Å². The number of nitrogens with zero attached hydrogens (tertiary/aromatic N) is 3. The Hall–Kier alpha value is -2.51. The molecule has 1 saturated heterocycles. The molecule has 1 aliphatic rings. The Morgan fingerprint density at radius 1 is 1.00 bits per heavy atom. The highest BCUT2D eigenvalue weighted by atomic mass is 32.2. The van der Waals surface area contributed by atoms with Crippen molar-refractivity contribution in [2.24, 2.45) is 0 Å². The van der Waals surface area contributed by atoms with Crippen molar-refractivity contribution in [3.05, 3.63) is 70.9 Å². The van der Waals surface area contributed by atoms with Crippen LogP contribution in [-0.2, 0) is 10.0 Å². The molecular weight excluding hydrogens is 350 g/mol. The Kier molecular flexibility index (Phi) is 5.49. The van der Waals surface area contributed by atoms with Gasteiger partial charge in [0.2, 0.25) is 10.0 Å². The van der Waals surface area contributed by atoms with E-state index < -0.39 is 10.0 Å². The predicted molar refractivity (Wildman–Crippen MR) is 101 cm³/mol. The van der Waals surface area contributed by atoms with Crippen molar-refractivity contribution in [2.45, 2.75) is 6.92 Å². The second-order valence-electron chi connectivity index (χ2n) is 6.11. The minimum atomic E-state index is -3.50. The van der Waals surface area contributed by atoms with E-state index in [-0.39, 0.29) is 19.0 Å². The highest BCUT2D eigenvalue weighted by Gasteiger charge is 2.28. The van der Waals surface area contributed by atoms with Gasteiger partial charge in [0.1, 0.15) is 5.69 Å². The summed E-state index contributed by atoms with van der Waals surface area (Å²) in [5.41, 5.74) is 2.00. The van der Waals surface area contributed by atoms with Gasteiger partial charge in [0.05, 0.1) is 0 Å². The lowest BCUT2D eigenvalue weighted by Gasteiger charge is -2.33. The Labute approximate surface area is 153 Å². The third-order valence-corrected chi connectivity index (χ3v) is 5.79. The molecule has 7 heteroatoms. The van der Waals surface area contributed by atoms with Crippen LogP contribution in [0.15, 0.2) is 53.9 Å². The summed E-state index contributed by atoms with van der Waals surface area (Å²) in [5.74, 6) is -0.162. The van der Waals surface area contributed by atoms with Crippen LogP contribution in [-0.4, -0.2) is 54.7 Å². The molecule has 0 bridgehead atoms. The number of hydrogen-bond acceptors (Lipinski definition) is 4. The van der Waals surface area contributed by atoms with Crippen LogP contribution in [0.25, 0.3) is 6.08 Å². The Morgan fingerprint density at radius 3 is 2.35 bits per heavy atom. The normalized spacial score (nSPS) is 16.1. The van der Waals surface area contributed by atoms with Crippen LogP contribution >= 0.6 is 0 Å². The summed E-state index contributed by atoms with van der Waals surface area (Å²) in [6, 6.07) is 14.6. The Bertz CT molecular complexity index is 903. The number of rotatable bonds is 4. The number of benzene rings is 1. The molecule has 1 amide bonds. The van der Waals surface area contributed by atoms with E-state index in [0.29, 0.717) is 18.8 Å². The Morgan fingerprint density at radius 2 is 1.69 bits per heavy atom. The van der Waals surface area contributed by atoms with Crippen LogP contribution < -0.4 is 0 Å². The van der Waals surface area contributed by atoms with E-state index >= 15 is 0 Å². The lowest BCUT2D eigenvalue weighted by molar-refractivity contribution is 0.0692. The number of amides is 1. The molecule has 1 aromatic heterocycles. The standard InChI is InChI=1S/C19H21N3O3S/c1-16-6-5-9-18(20-16)19(23)21-11-13-22(14-12-21)26(24,25)15-10-17-7-3-2-4-8-17/h2-10,15H,11-14H2,1H3/b15-10+. The summed E-state index contributed by atoms with van der Waals surface area (Å²) in [5, 5.41) is 1.22. The lowest BCUT2D eigenvalue weighted by atomic mass is 10.2. The minimum absolute atomic E-state index is 0.162. The van der Waals surface area contributed by atoms with Gasteiger partial charge in [-0.2, -0.15) is 4.31 Å². The number of carbonyl (C=O) groups excluding carboxylic acids is 1. The smallest absolute Gasteiger partial charge is 0.272 e. The van der Waals surface area contributed by atoms with E-state index in [2.05, 4.69) is 4.98 Å². The topological polar surface area (TPSA) is 70.6 Å². The molecule has 0 unspecified atom stereocenters. The van der Waals surface area contributed by atoms with Gasteiger partial charge in [-0.1, -0.05) is 36.4 Å². The molecule has 1 aromatic carbocycles. The highest BCUT2D eigenvalue weighted by Crippen LogP contribution is 2.13. The van der Waals surface area contributed by atoms with Crippen LogP contribution in [0.5, 0.6) is 0 Å². The number of hydrogen-bond donors (Lipinski definition) is 0. The second kappa shape index (κ2) is 7.80. The van der Waals surface area contributed by atoms with Crippen molar-refractivity contribution in [3.63, 3.8) is 0 Å². The molecule has 2 aromatic rings. The van der Waals surface area contributed by atoms with Crippen molar-refractivity contribution in [3.8, 4) is 0 Å². The van der Waals surface area contributed by atoms with E-state index in [4.69, 9.17) is 0 Å². The van der Waals surface area contributed by atoms with Crippen LogP contribution in [0.1, 0.15) is 21.7 Å². The van der Waals surface area contributed by atoms with Crippen molar-refractivity contribution < 1.29 is 13.2 Å². The molecule has 136 valence electrons. The summed E-state index contributed by atoms with van der Waals surface area (Å²) in [7, 11) is -3.50. The Balaban J connectivity index is 1.62. The largest absolute Gasteiger partial charge is 0.335 e. The maximum Gasteiger partial charge on any atom is 0.272 e. The average molecular weight is 371 g/mol. The fraction of sp³-hybridized carbons (Fsp3) is 0.263. The number of aryl methyl sites for hydroxylation is 1. The molecule has 26 heavy (non-hydrogen) atoms. The molecule has 0 N–H and O–H groups in total. The highest BCUT2D eigenvalue weighted by molar-refractivity contribution is 7.92. The van der Waals surface area contributed by atoms with Crippen molar-refractivity contribution in [1.82, 2.24) is 14.2 Å². The first kappa shape index (κ1) is 18.3. The number of aromatic nitrogens is 1. The molecular formula is C19H21N3O3S. The quantitative estimate of drug-likeness (QED) is 0.826. The molecule has 0 spiro atoms. The average Bonchev–Trinajstić information content (AvgIpc) is 2.67. The van der Waals surface area contributed by atoms with Crippen molar-refractivity contribution in [1.29, 1.82) is 0 Å². The zero-order valence-corrected chi connectivity index (χ0v) is 15.4. The molecule has 0 atom stereocenters. The van der Waals surface area contributed by atoms with E-state index in [1.807, 2.05) is 43.3 Å². The summed E-state index contributed by atoms with van der Waals surface area (Å²) < 4.78 is 26.3.